The lowest BCUT2D eigenvalue weighted by Gasteiger charge is -2.05. The highest BCUT2D eigenvalue weighted by atomic mass is 16.1. The van der Waals surface area contributed by atoms with Crippen LogP contribution in [0.1, 0.15) is 15.9 Å². The first-order valence-electron chi connectivity index (χ1n) is 6.39. The van der Waals surface area contributed by atoms with Crippen LogP contribution < -0.4 is 11.1 Å². The number of anilines is 1. The maximum Gasteiger partial charge on any atom is 0.176 e. The number of Topliss-reactive ketones (excluding diaryl/α,β-unsaturated/α-hetero) is 1. The zero-order valence-electron chi connectivity index (χ0n) is 10.8. The van der Waals surface area contributed by atoms with Crippen molar-refractivity contribution in [3.63, 3.8) is 0 Å². The Balaban J connectivity index is 1.75. The SMILES string of the molecule is Nc1cccc(C(=O)CNCCc2ccccc2)c1. The number of carbonyl (C=O) groups is 1. The Morgan fingerprint density at radius 3 is 2.58 bits per heavy atom. The van der Waals surface area contributed by atoms with Gasteiger partial charge in [-0.15, -0.1) is 0 Å². The Morgan fingerprint density at radius 1 is 1.05 bits per heavy atom. The van der Waals surface area contributed by atoms with Crippen molar-refractivity contribution in [1.29, 1.82) is 0 Å². The van der Waals surface area contributed by atoms with E-state index in [2.05, 4.69) is 17.4 Å². The van der Waals surface area contributed by atoms with E-state index in [1.54, 1.807) is 24.3 Å². The Labute approximate surface area is 113 Å². The highest BCUT2D eigenvalue weighted by Gasteiger charge is 2.04. The van der Waals surface area contributed by atoms with E-state index in [1.807, 2.05) is 18.2 Å². The van der Waals surface area contributed by atoms with E-state index in [0.717, 1.165) is 13.0 Å². The molecule has 0 saturated heterocycles. The second kappa shape index (κ2) is 6.71. The second-order valence-electron chi connectivity index (χ2n) is 4.46. The van der Waals surface area contributed by atoms with E-state index < -0.39 is 0 Å². The third-order valence-corrected chi connectivity index (χ3v) is 2.93. The molecule has 3 N–H and O–H groups in total. The van der Waals surface area contributed by atoms with E-state index >= 15 is 0 Å². The van der Waals surface area contributed by atoms with Crippen LogP contribution in [0.25, 0.3) is 0 Å². The summed E-state index contributed by atoms with van der Waals surface area (Å²) in [6.45, 7) is 1.13. The van der Waals surface area contributed by atoms with Crippen LogP contribution in [0.4, 0.5) is 5.69 Å². The van der Waals surface area contributed by atoms with E-state index in [-0.39, 0.29) is 5.78 Å². The van der Waals surface area contributed by atoms with Crippen LogP contribution >= 0.6 is 0 Å². The molecular weight excluding hydrogens is 236 g/mol. The Kier molecular flexibility index (Phi) is 4.70. The molecule has 0 bridgehead atoms. The number of hydrogen-bond donors (Lipinski definition) is 2. The van der Waals surface area contributed by atoms with Crippen molar-refractivity contribution in [3.05, 3.63) is 65.7 Å². The smallest absolute Gasteiger partial charge is 0.176 e. The maximum absolute atomic E-state index is 11.9. The minimum absolute atomic E-state index is 0.0698. The Hall–Kier alpha value is -2.13. The first kappa shape index (κ1) is 13.3. The molecule has 0 fully saturated rings. The number of rotatable bonds is 6. The summed E-state index contributed by atoms with van der Waals surface area (Å²) in [7, 11) is 0. The van der Waals surface area contributed by atoms with Crippen LogP contribution in [0.2, 0.25) is 0 Å². The minimum atomic E-state index is 0.0698. The zero-order valence-corrected chi connectivity index (χ0v) is 10.8. The van der Waals surface area contributed by atoms with Crippen LogP contribution in [0.15, 0.2) is 54.6 Å². The molecule has 0 amide bonds. The summed E-state index contributed by atoms with van der Waals surface area (Å²) in [6.07, 6.45) is 0.922. The molecule has 0 aliphatic rings. The molecule has 3 nitrogen and oxygen atoms in total. The van der Waals surface area contributed by atoms with Gasteiger partial charge in [0.2, 0.25) is 0 Å². The molecule has 2 rings (SSSR count). The summed E-state index contributed by atoms with van der Waals surface area (Å²) in [5.74, 6) is 0.0698. The third-order valence-electron chi connectivity index (χ3n) is 2.93. The number of nitrogens with two attached hydrogens (primary N) is 1. The average molecular weight is 254 g/mol. The second-order valence-corrected chi connectivity index (χ2v) is 4.46. The van der Waals surface area contributed by atoms with E-state index in [1.165, 1.54) is 5.56 Å². The van der Waals surface area contributed by atoms with Gasteiger partial charge in [0.1, 0.15) is 0 Å². The predicted octanol–water partition coefficient (Wildman–Crippen LogP) is 2.28. The fourth-order valence-corrected chi connectivity index (χ4v) is 1.89. The van der Waals surface area contributed by atoms with Gasteiger partial charge in [0.15, 0.2) is 5.78 Å². The van der Waals surface area contributed by atoms with Gasteiger partial charge < -0.3 is 11.1 Å². The van der Waals surface area contributed by atoms with Gasteiger partial charge in [0.25, 0.3) is 0 Å². The summed E-state index contributed by atoms with van der Waals surface area (Å²) in [6, 6.07) is 17.3. The normalized spacial score (nSPS) is 10.3. The highest BCUT2D eigenvalue weighted by molar-refractivity contribution is 5.98. The van der Waals surface area contributed by atoms with Crippen LogP contribution in [0.5, 0.6) is 0 Å². The first-order chi connectivity index (χ1) is 9.25. The molecule has 0 aromatic heterocycles. The van der Waals surface area contributed by atoms with E-state index in [0.29, 0.717) is 17.8 Å². The van der Waals surface area contributed by atoms with Crippen molar-refractivity contribution in [1.82, 2.24) is 5.32 Å². The van der Waals surface area contributed by atoms with Crippen molar-refractivity contribution >= 4 is 11.5 Å². The summed E-state index contributed by atoms with van der Waals surface area (Å²) < 4.78 is 0. The third kappa shape index (κ3) is 4.23. The van der Waals surface area contributed by atoms with E-state index in [9.17, 15) is 4.79 Å². The molecule has 0 heterocycles. The lowest BCUT2D eigenvalue weighted by atomic mass is 10.1. The standard InChI is InChI=1S/C16H18N2O/c17-15-8-4-7-14(11-15)16(19)12-18-10-9-13-5-2-1-3-6-13/h1-8,11,18H,9-10,12,17H2. The van der Waals surface area contributed by atoms with Crippen molar-refractivity contribution in [2.24, 2.45) is 0 Å². The molecule has 0 radical (unpaired) electrons. The number of benzene rings is 2. The minimum Gasteiger partial charge on any atom is -0.399 e. The molecule has 2 aromatic carbocycles. The van der Waals surface area contributed by atoms with Crippen molar-refractivity contribution in [2.75, 3.05) is 18.8 Å². The average Bonchev–Trinajstić information content (AvgIpc) is 2.44. The number of hydrogen-bond acceptors (Lipinski definition) is 3. The molecule has 2 aromatic rings. The van der Waals surface area contributed by atoms with Gasteiger partial charge in [-0.25, -0.2) is 0 Å². The van der Waals surface area contributed by atoms with E-state index in [4.69, 9.17) is 5.73 Å². The highest BCUT2D eigenvalue weighted by Crippen LogP contribution is 2.06. The maximum atomic E-state index is 11.9. The summed E-state index contributed by atoms with van der Waals surface area (Å²) in [4.78, 5) is 11.9. The van der Waals surface area contributed by atoms with Gasteiger partial charge in [-0.3, -0.25) is 4.79 Å². The molecule has 19 heavy (non-hydrogen) atoms. The molecule has 0 atom stereocenters. The molecule has 0 spiro atoms. The fourth-order valence-electron chi connectivity index (χ4n) is 1.89. The van der Waals surface area contributed by atoms with Crippen LogP contribution in [-0.2, 0) is 6.42 Å². The molecule has 3 heteroatoms. The Morgan fingerprint density at radius 2 is 1.84 bits per heavy atom. The van der Waals surface area contributed by atoms with Crippen LogP contribution in [0, 0.1) is 0 Å². The largest absolute Gasteiger partial charge is 0.399 e. The van der Waals surface area contributed by atoms with Gasteiger partial charge in [-0.05, 0) is 30.7 Å². The lowest BCUT2D eigenvalue weighted by molar-refractivity contribution is 0.0991. The molecule has 0 aliphatic carbocycles. The monoisotopic (exact) mass is 254 g/mol. The van der Waals surface area contributed by atoms with Crippen LogP contribution in [0.3, 0.4) is 0 Å². The molecule has 98 valence electrons. The first-order valence-corrected chi connectivity index (χ1v) is 6.39. The molecular formula is C16H18N2O. The lowest BCUT2D eigenvalue weighted by Crippen LogP contribution is -2.25. The number of carbonyl (C=O) groups excluding carboxylic acids is 1. The topological polar surface area (TPSA) is 55.1 Å². The summed E-state index contributed by atoms with van der Waals surface area (Å²) in [5, 5.41) is 3.16. The van der Waals surface area contributed by atoms with Gasteiger partial charge in [-0.2, -0.15) is 0 Å². The number of ketones is 1. The van der Waals surface area contributed by atoms with Gasteiger partial charge in [0, 0.05) is 11.3 Å². The molecule has 0 aliphatic heterocycles. The molecule has 0 saturated carbocycles. The predicted molar refractivity (Wildman–Crippen MR) is 78.2 cm³/mol. The fraction of sp³-hybridized carbons (Fsp3) is 0.188. The summed E-state index contributed by atoms with van der Waals surface area (Å²) in [5.41, 5.74) is 8.20. The van der Waals surface area contributed by atoms with Crippen molar-refractivity contribution < 1.29 is 4.79 Å². The number of nitrogens with one attached hydrogen (secondary N) is 1. The Bertz CT molecular complexity index is 537. The van der Waals surface area contributed by atoms with Gasteiger partial charge in [0.05, 0.1) is 6.54 Å². The van der Waals surface area contributed by atoms with Gasteiger partial charge >= 0.3 is 0 Å². The molecule has 0 unspecified atom stereocenters. The quantitative estimate of drug-likeness (QED) is 0.472. The van der Waals surface area contributed by atoms with Crippen molar-refractivity contribution in [3.8, 4) is 0 Å². The number of nitrogen functional groups attached to an aromatic ring is 1. The van der Waals surface area contributed by atoms with Gasteiger partial charge in [-0.1, -0.05) is 42.5 Å². The van der Waals surface area contributed by atoms with Crippen molar-refractivity contribution in [2.45, 2.75) is 6.42 Å². The zero-order chi connectivity index (χ0) is 13.5. The van der Waals surface area contributed by atoms with Crippen LogP contribution in [-0.4, -0.2) is 18.9 Å². The summed E-state index contributed by atoms with van der Waals surface area (Å²) >= 11 is 0.